The molecule has 0 radical (unpaired) electrons. The van der Waals surface area contributed by atoms with Crippen LogP contribution in [0.3, 0.4) is 0 Å². The molecule has 2 unspecified atom stereocenters. The number of rotatable bonds is 7. The highest BCUT2D eigenvalue weighted by molar-refractivity contribution is 5.52. The third-order valence-corrected chi connectivity index (χ3v) is 5.56. The van der Waals surface area contributed by atoms with Crippen molar-refractivity contribution in [2.75, 3.05) is 40.6 Å². The van der Waals surface area contributed by atoms with Crippen LogP contribution in [0.25, 0.3) is 0 Å². The number of aliphatic hydroxyl groups excluding tert-OH is 1. The molecule has 0 bridgehead atoms. The lowest BCUT2D eigenvalue weighted by atomic mass is 9.85. The summed E-state index contributed by atoms with van der Waals surface area (Å²) in [6.07, 6.45) is 6.10. The quantitative estimate of drug-likeness (QED) is 0.766. The number of aliphatic hydroxyl groups is 1. The molecule has 2 atom stereocenters. The fourth-order valence-electron chi connectivity index (χ4n) is 4.30. The van der Waals surface area contributed by atoms with Crippen molar-refractivity contribution in [2.24, 2.45) is 11.8 Å². The summed E-state index contributed by atoms with van der Waals surface area (Å²) in [5, 5.41) is 9.00. The summed E-state index contributed by atoms with van der Waals surface area (Å²) in [6, 6.07) is 4.13. The zero-order valence-electron chi connectivity index (χ0n) is 15.3. The summed E-state index contributed by atoms with van der Waals surface area (Å²) in [5.74, 6) is 2.75. The van der Waals surface area contributed by atoms with Crippen molar-refractivity contribution in [3.8, 4) is 11.5 Å². The van der Waals surface area contributed by atoms with Gasteiger partial charge in [0.25, 0.3) is 0 Å². The average molecular weight is 350 g/mol. The number of benzene rings is 1. The molecule has 1 saturated carbocycles. The van der Waals surface area contributed by atoms with Gasteiger partial charge in [0.15, 0.2) is 11.5 Å². The zero-order valence-corrected chi connectivity index (χ0v) is 15.3. The molecule has 1 N–H and O–H groups in total. The first-order valence-corrected chi connectivity index (χ1v) is 9.32. The zero-order chi connectivity index (χ0) is 17.6. The van der Waals surface area contributed by atoms with Crippen LogP contribution in [0, 0.1) is 11.8 Å². The molecule has 1 aliphatic heterocycles. The van der Waals surface area contributed by atoms with Gasteiger partial charge in [-0.1, -0.05) is 31.7 Å². The van der Waals surface area contributed by atoms with E-state index in [4.69, 9.17) is 24.1 Å². The maximum absolute atomic E-state index is 9.00. The van der Waals surface area contributed by atoms with E-state index in [1.807, 2.05) is 6.07 Å². The van der Waals surface area contributed by atoms with Crippen molar-refractivity contribution in [3.05, 3.63) is 23.3 Å². The highest BCUT2D eigenvalue weighted by atomic mass is 16.5. The lowest BCUT2D eigenvalue weighted by Crippen LogP contribution is -2.20. The van der Waals surface area contributed by atoms with E-state index < -0.39 is 0 Å². The summed E-state index contributed by atoms with van der Waals surface area (Å²) >= 11 is 0. The second-order valence-electron chi connectivity index (χ2n) is 7.00. The SMILES string of the molecule is COc1ccc2c(c1OC)C(COCCO)OCC(C1CCCC1)C2. The monoisotopic (exact) mass is 350 g/mol. The molecule has 1 heterocycles. The van der Waals surface area contributed by atoms with Crippen molar-refractivity contribution in [3.63, 3.8) is 0 Å². The lowest BCUT2D eigenvalue weighted by Gasteiger charge is -2.22. The van der Waals surface area contributed by atoms with Gasteiger partial charge >= 0.3 is 0 Å². The molecule has 25 heavy (non-hydrogen) atoms. The number of ether oxygens (including phenoxy) is 4. The van der Waals surface area contributed by atoms with Crippen LogP contribution in [0.2, 0.25) is 0 Å². The van der Waals surface area contributed by atoms with Crippen molar-refractivity contribution in [2.45, 2.75) is 38.2 Å². The number of hydrogen-bond donors (Lipinski definition) is 1. The molecule has 2 aliphatic rings. The van der Waals surface area contributed by atoms with E-state index in [0.29, 0.717) is 19.1 Å². The molecular formula is C20H30O5. The Morgan fingerprint density at radius 1 is 1.12 bits per heavy atom. The highest BCUT2D eigenvalue weighted by Crippen LogP contribution is 2.44. The minimum Gasteiger partial charge on any atom is -0.493 e. The van der Waals surface area contributed by atoms with Crippen molar-refractivity contribution in [1.82, 2.24) is 0 Å². The number of methoxy groups -OCH3 is 2. The second-order valence-corrected chi connectivity index (χ2v) is 7.00. The summed E-state index contributed by atoms with van der Waals surface area (Å²) < 4.78 is 23.1. The van der Waals surface area contributed by atoms with Crippen LogP contribution in [0.5, 0.6) is 11.5 Å². The lowest BCUT2D eigenvalue weighted by molar-refractivity contribution is -0.0388. The molecule has 1 aromatic rings. The Hall–Kier alpha value is -1.30. The average Bonchev–Trinajstić information content (AvgIpc) is 3.11. The minimum atomic E-state index is -0.196. The fourth-order valence-corrected chi connectivity index (χ4v) is 4.30. The molecule has 1 aliphatic carbocycles. The van der Waals surface area contributed by atoms with E-state index in [1.54, 1.807) is 14.2 Å². The van der Waals surface area contributed by atoms with Crippen LogP contribution < -0.4 is 9.47 Å². The summed E-state index contributed by atoms with van der Waals surface area (Å²) in [4.78, 5) is 0. The van der Waals surface area contributed by atoms with Gasteiger partial charge in [-0.2, -0.15) is 0 Å². The molecule has 0 saturated heterocycles. The largest absolute Gasteiger partial charge is 0.493 e. The first-order valence-electron chi connectivity index (χ1n) is 9.32. The second kappa shape index (κ2) is 8.88. The maximum Gasteiger partial charge on any atom is 0.166 e. The summed E-state index contributed by atoms with van der Waals surface area (Å²) in [5.41, 5.74) is 2.31. The van der Waals surface area contributed by atoms with Gasteiger partial charge in [0, 0.05) is 5.56 Å². The predicted octanol–water partition coefficient (Wildman–Crippen LogP) is 3.13. The van der Waals surface area contributed by atoms with E-state index in [1.165, 1.54) is 31.2 Å². The normalized spacial score (nSPS) is 24.0. The number of fused-ring (bicyclic) bond motifs is 1. The third kappa shape index (κ3) is 4.10. The van der Waals surface area contributed by atoms with Gasteiger partial charge in [-0.15, -0.1) is 0 Å². The Kier molecular flexibility index (Phi) is 6.57. The summed E-state index contributed by atoms with van der Waals surface area (Å²) in [7, 11) is 3.32. The highest BCUT2D eigenvalue weighted by Gasteiger charge is 2.33. The molecular weight excluding hydrogens is 320 g/mol. The van der Waals surface area contributed by atoms with Crippen LogP contribution in [0.4, 0.5) is 0 Å². The Morgan fingerprint density at radius 3 is 2.60 bits per heavy atom. The smallest absolute Gasteiger partial charge is 0.166 e. The van der Waals surface area contributed by atoms with Gasteiger partial charge in [-0.05, 0) is 29.9 Å². The summed E-state index contributed by atoms with van der Waals surface area (Å²) in [6.45, 7) is 1.49. The van der Waals surface area contributed by atoms with Crippen molar-refractivity contribution >= 4 is 0 Å². The van der Waals surface area contributed by atoms with Crippen molar-refractivity contribution in [1.29, 1.82) is 0 Å². The minimum absolute atomic E-state index is 0.0134. The predicted molar refractivity (Wildman–Crippen MR) is 95.3 cm³/mol. The van der Waals surface area contributed by atoms with E-state index in [2.05, 4.69) is 6.07 Å². The van der Waals surface area contributed by atoms with Gasteiger partial charge in [-0.3, -0.25) is 0 Å². The fraction of sp³-hybridized carbons (Fsp3) is 0.700. The van der Waals surface area contributed by atoms with Gasteiger partial charge in [0.2, 0.25) is 0 Å². The first kappa shape index (κ1) is 18.5. The Labute approximate surface area is 150 Å². The van der Waals surface area contributed by atoms with Crippen LogP contribution in [-0.4, -0.2) is 45.8 Å². The standard InChI is InChI=1S/C20H30O5/c1-22-17-8-7-15-11-16(14-5-3-4-6-14)12-25-18(13-24-10-9-21)19(15)20(17)23-2/h7-8,14,16,18,21H,3-6,9-13H2,1-2H3. The molecule has 0 aromatic heterocycles. The third-order valence-electron chi connectivity index (χ3n) is 5.56. The molecule has 5 nitrogen and oxygen atoms in total. The van der Waals surface area contributed by atoms with Crippen LogP contribution in [-0.2, 0) is 15.9 Å². The van der Waals surface area contributed by atoms with Crippen LogP contribution in [0.15, 0.2) is 12.1 Å². The Balaban J connectivity index is 1.91. The maximum atomic E-state index is 9.00. The van der Waals surface area contributed by atoms with E-state index in [9.17, 15) is 0 Å². The molecule has 140 valence electrons. The number of hydrogen-bond acceptors (Lipinski definition) is 5. The van der Waals surface area contributed by atoms with Gasteiger partial charge in [0.1, 0.15) is 6.10 Å². The van der Waals surface area contributed by atoms with E-state index in [0.717, 1.165) is 36.0 Å². The molecule has 5 heteroatoms. The van der Waals surface area contributed by atoms with Gasteiger partial charge in [0.05, 0.1) is 40.6 Å². The van der Waals surface area contributed by atoms with Crippen LogP contribution in [0.1, 0.15) is 42.9 Å². The molecule has 1 fully saturated rings. The van der Waals surface area contributed by atoms with Crippen molar-refractivity contribution < 1.29 is 24.1 Å². The molecule has 1 aromatic carbocycles. The Morgan fingerprint density at radius 2 is 1.92 bits per heavy atom. The molecule has 0 amide bonds. The molecule has 3 rings (SSSR count). The van der Waals surface area contributed by atoms with Gasteiger partial charge in [-0.25, -0.2) is 0 Å². The van der Waals surface area contributed by atoms with Gasteiger partial charge < -0.3 is 24.1 Å². The van der Waals surface area contributed by atoms with E-state index in [-0.39, 0.29) is 12.7 Å². The molecule has 0 spiro atoms. The van der Waals surface area contributed by atoms with E-state index >= 15 is 0 Å². The topological polar surface area (TPSA) is 57.2 Å². The Bertz CT molecular complexity index is 553. The van der Waals surface area contributed by atoms with Crippen LogP contribution >= 0.6 is 0 Å². The first-order chi connectivity index (χ1) is 12.3.